The SMILES string of the molecule is CCCCCCC1CCC(C2CCc3cc(-c4cc(F)c(C(F)(F)Oc5cc(F)c6c(F)c(C#CC(F)(F)F)c(F)cc6c5)c(F)c4)ccc3C2)CC1. The second-order valence-electron chi connectivity index (χ2n) is 14.3. The quantitative estimate of drug-likeness (QED) is 0.0891. The summed E-state index contributed by atoms with van der Waals surface area (Å²) in [7, 11) is 0. The highest BCUT2D eigenvalue weighted by Gasteiger charge is 2.42. The smallest absolute Gasteiger partial charge is 0.429 e. The Hall–Kier alpha value is -4.20. The molecule has 0 saturated heterocycles. The lowest BCUT2D eigenvalue weighted by molar-refractivity contribution is -0.189. The zero-order valence-corrected chi connectivity index (χ0v) is 29.0. The molecule has 0 N–H and O–H groups in total. The predicted molar refractivity (Wildman–Crippen MR) is 183 cm³/mol. The molecule has 1 nitrogen and oxygen atoms in total. The lowest BCUT2D eigenvalue weighted by Crippen LogP contribution is -2.26. The summed E-state index contributed by atoms with van der Waals surface area (Å²) >= 11 is 0. The average Bonchev–Trinajstić information content (AvgIpc) is 3.08. The van der Waals surface area contributed by atoms with Crippen molar-refractivity contribution in [3.05, 3.63) is 99.9 Å². The fourth-order valence-electron chi connectivity index (χ4n) is 8.08. The van der Waals surface area contributed by atoms with E-state index in [0.717, 1.165) is 42.9 Å². The van der Waals surface area contributed by atoms with Crippen molar-refractivity contribution >= 4 is 10.8 Å². The number of unbranched alkanes of at least 4 members (excludes halogenated alkanes) is 3. The van der Waals surface area contributed by atoms with Gasteiger partial charge in [-0.1, -0.05) is 76.0 Å². The Morgan fingerprint density at radius 1 is 0.698 bits per heavy atom. The topological polar surface area (TPSA) is 9.23 Å². The summed E-state index contributed by atoms with van der Waals surface area (Å²) in [6.45, 7) is 2.22. The molecule has 1 fully saturated rings. The van der Waals surface area contributed by atoms with Crippen molar-refractivity contribution in [1.82, 2.24) is 0 Å². The number of halogens is 10. The van der Waals surface area contributed by atoms with Gasteiger partial charge in [-0.05, 0) is 102 Å². The average molecular weight is 749 g/mol. The summed E-state index contributed by atoms with van der Waals surface area (Å²) in [5.74, 6) is -5.37. The third-order valence-corrected chi connectivity index (χ3v) is 10.8. The van der Waals surface area contributed by atoms with Gasteiger partial charge in [-0.3, -0.25) is 0 Å². The molecule has 4 aromatic rings. The maximum atomic E-state index is 15.3. The minimum atomic E-state index is -5.10. The van der Waals surface area contributed by atoms with Crippen LogP contribution < -0.4 is 4.74 Å². The summed E-state index contributed by atoms with van der Waals surface area (Å²) in [6.07, 6.45) is 4.46. The second kappa shape index (κ2) is 15.6. The van der Waals surface area contributed by atoms with Gasteiger partial charge in [-0.2, -0.15) is 22.0 Å². The number of hydrogen-bond acceptors (Lipinski definition) is 1. The maximum Gasteiger partial charge on any atom is 0.458 e. The van der Waals surface area contributed by atoms with Gasteiger partial charge in [-0.15, -0.1) is 0 Å². The van der Waals surface area contributed by atoms with E-state index in [1.165, 1.54) is 69.3 Å². The molecule has 11 heteroatoms. The van der Waals surface area contributed by atoms with Crippen LogP contribution >= 0.6 is 0 Å². The minimum Gasteiger partial charge on any atom is -0.429 e. The molecule has 0 heterocycles. The molecule has 6 rings (SSSR count). The van der Waals surface area contributed by atoms with Gasteiger partial charge in [-0.25, -0.2) is 22.0 Å². The first-order valence-electron chi connectivity index (χ1n) is 18.0. The standard InChI is InChI=1S/C42H38F10O/c1-2-3-4-5-6-24-7-9-25(10-8-24)26-11-12-28-18-29(14-13-27(28)17-26)30-20-36(45)39(37(46)21-30)42(51,52)53-32-19-31-22-34(43)33(15-16-41(48,49)50)40(47)38(31)35(44)23-32/h13-14,18-26H,2-12,17H2,1H3. The van der Waals surface area contributed by atoms with Crippen LogP contribution in [0.4, 0.5) is 43.9 Å². The van der Waals surface area contributed by atoms with E-state index in [2.05, 4.69) is 11.7 Å². The van der Waals surface area contributed by atoms with Gasteiger partial charge < -0.3 is 4.74 Å². The van der Waals surface area contributed by atoms with E-state index in [-0.39, 0.29) is 11.6 Å². The normalized spacial score (nSPS) is 19.1. The zero-order valence-electron chi connectivity index (χ0n) is 29.0. The van der Waals surface area contributed by atoms with Gasteiger partial charge in [0.2, 0.25) is 0 Å². The predicted octanol–water partition coefficient (Wildman–Crippen LogP) is 13.1. The Balaban J connectivity index is 1.15. The van der Waals surface area contributed by atoms with E-state index in [0.29, 0.717) is 35.5 Å². The first-order valence-corrected chi connectivity index (χ1v) is 18.0. The van der Waals surface area contributed by atoms with Gasteiger partial charge in [0.1, 0.15) is 34.6 Å². The number of fused-ring (bicyclic) bond motifs is 2. The third-order valence-electron chi connectivity index (χ3n) is 10.8. The van der Waals surface area contributed by atoms with Crippen molar-refractivity contribution < 1.29 is 48.6 Å². The van der Waals surface area contributed by atoms with Crippen molar-refractivity contribution in [2.45, 2.75) is 96.3 Å². The van der Waals surface area contributed by atoms with Crippen molar-refractivity contribution in [2.75, 3.05) is 0 Å². The van der Waals surface area contributed by atoms with Gasteiger partial charge in [0.15, 0.2) is 5.82 Å². The summed E-state index contributed by atoms with van der Waals surface area (Å²) < 4.78 is 147. The fourth-order valence-corrected chi connectivity index (χ4v) is 8.08. The fraction of sp³-hybridized carbons (Fsp3) is 0.429. The molecule has 1 unspecified atom stereocenters. The summed E-state index contributed by atoms with van der Waals surface area (Å²) in [4.78, 5) is 0. The largest absolute Gasteiger partial charge is 0.458 e. The number of hydrogen-bond donors (Lipinski definition) is 0. The molecule has 1 saturated carbocycles. The highest BCUT2D eigenvalue weighted by molar-refractivity contribution is 5.87. The molecule has 0 radical (unpaired) electrons. The maximum absolute atomic E-state index is 15.3. The van der Waals surface area contributed by atoms with Crippen LogP contribution in [0.25, 0.3) is 21.9 Å². The van der Waals surface area contributed by atoms with E-state index < -0.39 is 69.0 Å². The van der Waals surface area contributed by atoms with Crippen LogP contribution in [-0.2, 0) is 19.0 Å². The molecule has 2 aliphatic rings. The van der Waals surface area contributed by atoms with Gasteiger partial charge in [0.05, 0.1) is 10.9 Å². The lowest BCUT2D eigenvalue weighted by Gasteiger charge is -2.36. The second-order valence-corrected chi connectivity index (χ2v) is 14.3. The van der Waals surface area contributed by atoms with Crippen LogP contribution in [-0.4, -0.2) is 6.18 Å². The van der Waals surface area contributed by atoms with Crippen molar-refractivity contribution in [1.29, 1.82) is 0 Å². The molecule has 0 aromatic heterocycles. The van der Waals surface area contributed by atoms with Crippen LogP contribution in [0.3, 0.4) is 0 Å². The molecule has 282 valence electrons. The van der Waals surface area contributed by atoms with Gasteiger partial charge >= 0.3 is 12.3 Å². The monoisotopic (exact) mass is 748 g/mol. The summed E-state index contributed by atoms with van der Waals surface area (Å²) in [6, 6.07) is 8.15. The molecule has 2 aliphatic carbocycles. The molecule has 1 atom stereocenters. The molecular weight excluding hydrogens is 710 g/mol. The summed E-state index contributed by atoms with van der Waals surface area (Å²) in [5, 5.41) is -1.76. The minimum absolute atomic E-state index is 0.0221. The number of rotatable bonds is 10. The van der Waals surface area contributed by atoms with Crippen LogP contribution in [0.5, 0.6) is 5.75 Å². The molecule has 0 bridgehead atoms. The van der Waals surface area contributed by atoms with Gasteiger partial charge in [0, 0.05) is 12.0 Å². The Kier molecular flexibility index (Phi) is 11.4. The Labute approximate surface area is 301 Å². The van der Waals surface area contributed by atoms with E-state index in [9.17, 15) is 26.3 Å². The zero-order chi connectivity index (χ0) is 38.1. The van der Waals surface area contributed by atoms with E-state index in [1.807, 2.05) is 12.1 Å². The third kappa shape index (κ3) is 8.79. The number of ether oxygens (including phenoxy) is 1. The Bertz CT molecular complexity index is 2010. The van der Waals surface area contributed by atoms with E-state index in [4.69, 9.17) is 0 Å². The lowest BCUT2D eigenvalue weighted by atomic mass is 9.69. The highest BCUT2D eigenvalue weighted by Crippen LogP contribution is 2.43. The Morgan fingerprint density at radius 3 is 2.09 bits per heavy atom. The van der Waals surface area contributed by atoms with Crippen molar-refractivity contribution in [3.8, 4) is 28.7 Å². The molecule has 0 aliphatic heterocycles. The number of alkyl halides is 5. The van der Waals surface area contributed by atoms with Crippen LogP contribution in [0.1, 0.15) is 93.4 Å². The molecule has 0 spiro atoms. The van der Waals surface area contributed by atoms with E-state index in [1.54, 1.807) is 6.07 Å². The van der Waals surface area contributed by atoms with Gasteiger partial charge in [0.25, 0.3) is 0 Å². The molecule has 0 amide bonds. The first-order chi connectivity index (χ1) is 25.1. The number of benzene rings is 4. The molecule has 53 heavy (non-hydrogen) atoms. The molecular formula is C42H38F10O. The van der Waals surface area contributed by atoms with Crippen LogP contribution in [0, 0.1) is 58.7 Å². The van der Waals surface area contributed by atoms with Crippen LogP contribution in [0.2, 0.25) is 0 Å². The first kappa shape index (κ1) is 38.5. The number of aryl methyl sites for hydroxylation is 1. The highest BCUT2D eigenvalue weighted by atomic mass is 19.4. The molecule has 4 aromatic carbocycles. The van der Waals surface area contributed by atoms with Crippen LogP contribution in [0.15, 0.2) is 48.5 Å². The Morgan fingerprint density at radius 2 is 1.42 bits per heavy atom. The summed E-state index contributed by atoms with van der Waals surface area (Å²) in [5.41, 5.74) is -0.466. The van der Waals surface area contributed by atoms with E-state index >= 15 is 17.6 Å². The van der Waals surface area contributed by atoms with Crippen molar-refractivity contribution in [2.24, 2.45) is 17.8 Å². The van der Waals surface area contributed by atoms with Crippen molar-refractivity contribution in [3.63, 3.8) is 0 Å².